The van der Waals surface area contributed by atoms with E-state index in [1.54, 1.807) is 0 Å². The zero-order chi connectivity index (χ0) is 10.1. The Balaban J connectivity index is 1.84. The van der Waals surface area contributed by atoms with Gasteiger partial charge in [0.1, 0.15) is 18.3 Å². The first-order chi connectivity index (χ1) is 6.68. The minimum absolute atomic E-state index is 0.0451. The molecule has 2 saturated heterocycles. The highest BCUT2D eigenvalue weighted by atomic mass is 16.6. The van der Waals surface area contributed by atoms with Crippen molar-refractivity contribution in [2.75, 3.05) is 19.8 Å². The summed E-state index contributed by atoms with van der Waals surface area (Å²) in [6.07, 6.45) is -0.505. The van der Waals surface area contributed by atoms with Crippen molar-refractivity contribution in [3.05, 3.63) is 0 Å². The first kappa shape index (κ1) is 10.4. The van der Waals surface area contributed by atoms with E-state index in [0.29, 0.717) is 19.1 Å². The molecule has 2 fully saturated rings. The van der Waals surface area contributed by atoms with Gasteiger partial charge in [0.25, 0.3) is 0 Å². The van der Waals surface area contributed by atoms with Crippen LogP contribution in [0.4, 0.5) is 0 Å². The highest BCUT2D eigenvalue weighted by molar-refractivity contribution is 4.97. The van der Waals surface area contributed by atoms with Crippen molar-refractivity contribution in [2.45, 2.75) is 38.2 Å². The van der Waals surface area contributed by atoms with Crippen LogP contribution in [-0.4, -0.2) is 49.2 Å². The van der Waals surface area contributed by atoms with E-state index in [0.717, 1.165) is 6.54 Å². The summed E-state index contributed by atoms with van der Waals surface area (Å²) in [5.74, 6) is 0.625. The van der Waals surface area contributed by atoms with Gasteiger partial charge in [-0.2, -0.15) is 0 Å². The van der Waals surface area contributed by atoms with Crippen LogP contribution in [0.2, 0.25) is 0 Å². The Bertz CT molecular complexity index is 198. The average Bonchev–Trinajstić information content (AvgIpc) is 2.66. The fraction of sp³-hybridized carbons (Fsp3) is 1.00. The Hall–Kier alpha value is -0.160. The molecule has 0 aromatic rings. The molecule has 0 spiro atoms. The van der Waals surface area contributed by atoms with Crippen LogP contribution < -0.4 is 5.32 Å². The topological polar surface area (TPSA) is 50.7 Å². The Labute approximate surface area is 84.6 Å². The smallest absolute Gasteiger partial charge is 0.113 e. The van der Waals surface area contributed by atoms with Crippen molar-refractivity contribution in [3.8, 4) is 0 Å². The van der Waals surface area contributed by atoms with Crippen LogP contribution >= 0.6 is 0 Å². The van der Waals surface area contributed by atoms with Gasteiger partial charge in [0.2, 0.25) is 0 Å². The highest BCUT2D eigenvalue weighted by Gasteiger charge is 2.46. The molecular formula is C10H19NO3. The number of fused-ring (bicyclic) bond motifs is 1. The summed E-state index contributed by atoms with van der Waals surface area (Å²) in [6.45, 7) is 6.38. The molecule has 4 nitrogen and oxygen atoms in total. The Morgan fingerprint density at radius 3 is 2.71 bits per heavy atom. The van der Waals surface area contributed by atoms with Gasteiger partial charge in [0, 0.05) is 0 Å². The number of ether oxygens (including phenoxy) is 2. The predicted molar refractivity (Wildman–Crippen MR) is 52.1 cm³/mol. The SMILES string of the molecule is CC(C)CNC1COC2C1OC[C@@H]2O. The Morgan fingerprint density at radius 1 is 1.29 bits per heavy atom. The number of aliphatic hydroxyl groups is 1. The molecule has 2 N–H and O–H groups in total. The lowest BCUT2D eigenvalue weighted by molar-refractivity contribution is 0.0178. The second-order valence-corrected chi connectivity index (χ2v) is 4.57. The first-order valence-electron chi connectivity index (χ1n) is 5.33. The molecule has 0 aliphatic carbocycles. The second kappa shape index (κ2) is 4.14. The number of rotatable bonds is 3. The quantitative estimate of drug-likeness (QED) is 0.661. The van der Waals surface area contributed by atoms with Gasteiger partial charge < -0.3 is 19.9 Å². The van der Waals surface area contributed by atoms with E-state index in [-0.39, 0.29) is 18.2 Å². The lowest BCUT2D eigenvalue weighted by Crippen LogP contribution is -2.42. The lowest BCUT2D eigenvalue weighted by Gasteiger charge is -2.18. The van der Waals surface area contributed by atoms with Gasteiger partial charge >= 0.3 is 0 Å². The third-order valence-corrected chi connectivity index (χ3v) is 2.82. The van der Waals surface area contributed by atoms with Crippen molar-refractivity contribution in [3.63, 3.8) is 0 Å². The van der Waals surface area contributed by atoms with Crippen molar-refractivity contribution >= 4 is 0 Å². The van der Waals surface area contributed by atoms with Gasteiger partial charge in [-0.15, -0.1) is 0 Å². The molecule has 2 aliphatic rings. The fourth-order valence-electron chi connectivity index (χ4n) is 2.04. The molecule has 4 heteroatoms. The van der Waals surface area contributed by atoms with Crippen molar-refractivity contribution in [1.29, 1.82) is 0 Å². The molecule has 0 bridgehead atoms. The van der Waals surface area contributed by atoms with Crippen LogP contribution in [0.25, 0.3) is 0 Å². The van der Waals surface area contributed by atoms with Crippen LogP contribution in [0.15, 0.2) is 0 Å². The zero-order valence-electron chi connectivity index (χ0n) is 8.77. The standard InChI is InChI=1S/C10H19NO3/c1-6(2)3-11-7-4-13-10-8(12)5-14-9(7)10/h6-12H,3-5H2,1-2H3/t7?,8-,9?,10?/m0/s1. The Morgan fingerprint density at radius 2 is 2.00 bits per heavy atom. The number of hydrogen-bond donors (Lipinski definition) is 2. The number of hydrogen-bond acceptors (Lipinski definition) is 4. The van der Waals surface area contributed by atoms with E-state index in [4.69, 9.17) is 9.47 Å². The highest BCUT2D eigenvalue weighted by Crippen LogP contribution is 2.26. The average molecular weight is 201 g/mol. The fourth-order valence-corrected chi connectivity index (χ4v) is 2.04. The molecule has 0 amide bonds. The molecular weight excluding hydrogens is 182 g/mol. The van der Waals surface area contributed by atoms with Crippen molar-refractivity contribution in [1.82, 2.24) is 5.32 Å². The summed E-state index contributed by atoms with van der Waals surface area (Å²) < 4.78 is 11.0. The summed E-state index contributed by atoms with van der Waals surface area (Å²) >= 11 is 0. The largest absolute Gasteiger partial charge is 0.388 e. The maximum absolute atomic E-state index is 9.52. The van der Waals surface area contributed by atoms with Crippen molar-refractivity contribution < 1.29 is 14.6 Å². The molecule has 2 rings (SSSR count). The maximum Gasteiger partial charge on any atom is 0.113 e. The number of nitrogens with one attached hydrogen (secondary N) is 1. The molecule has 14 heavy (non-hydrogen) atoms. The molecule has 0 aromatic heterocycles. The van der Waals surface area contributed by atoms with E-state index < -0.39 is 6.10 Å². The van der Waals surface area contributed by atoms with Gasteiger partial charge in [0.05, 0.1) is 19.3 Å². The minimum atomic E-state index is -0.439. The molecule has 82 valence electrons. The second-order valence-electron chi connectivity index (χ2n) is 4.57. The lowest BCUT2D eigenvalue weighted by atomic mass is 10.1. The molecule has 2 aliphatic heterocycles. The van der Waals surface area contributed by atoms with Crippen molar-refractivity contribution in [2.24, 2.45) is 5.92 Å². The molecule has 0 aromatic carbocycles. The van der Waals surface area contributed by atoms with E-state index >= 15 is 0 Å². The molecule has 0 saturated carbocycles. The zero-order valence-corrected chi connectivity index (χ0v) is 8.77. The van der Waals surface area contributed by atoms with Crippen LogP contribution in [0.3, 0.4) is 0 Å². The van der Waals surface area contributed by atoms with E-state index in [9.17, 15) is 5.11 Å². The molecule has 2 heterocycles. The normalized spacial score (nSPS) is 42.0. The summed E-state index contributed by atoms with van der Waals surface area (Å²) in [5, 5.41) is 12.9. The predicted octanol–water partition coefficient (Wildman–Crippen LogP) is -0.241. The van der Waals surface area contributed by atoms with Gasteiger partial charge in [-0.25, -0.2) is 0 Å². The third-order valence-electron chi connectivity index (χ3n) is 2.82. The Kier molecular flexibility index (Phi) is 3.07. The van der Waals surface area contributed by atoms with E-state index in [1.807, 2.05) is 0 Å². The monoisotopic (exact) mass is 201 g/mol. The summed E-state index contributed by atoms with van der Waals surface area (Å²) in [4.78, 5) is 0. The van der Waals surface area contributed by atoms with Crippen LogP contribution in [-0.2, 0) is 9.47 Å². The summed E-state index contributed by atoms with van der Waals surface area (Å²) in [6, 6.07) is 0.250. The summed E-state index contributed by atoms with van der Waals surface area (Å²) in [7, 11) is 0. The first-order valence-corrected chi connectivity index (χ1v) is 5.33. The van der Waals surface area contributed by atoms with E-state index in [2.05, 4.69) is 19.2 Å². The van der Waals surface area contributed by atoms with Crippen LogP contribution in [0, 0.1) is 5.92 Å². The van der Waals surface area contributed by atoms with Gasteiger partial charge in [-0.05, 0) is 12.5 Å². The number of aliphatic hydroxyl groups excluding tert-OH is 1. The molecule has 0 radical (unpaired) electrons. The minimum Gasteiger partial charge on any atom is -0.388 e. The third kappa shape index (κ3) is 1.93. The van der Waals surface area contributed by atoms with Crippen LogP contribution in [0.5, 0.6) is 0 Å². The van der Waals surface area contributed by atoms with Gasteiger partial charge in [0.15, 0.2) is 0 Å². The maximum atomic E-state index is 9.52. The van der Waals surface area contributed by atoms with Crippen LogP contribution in [0.1, 0.15) is 13.8 Å². The summed E-state index contributed by atoms with van der Waals surface area (Å²) in [5.41, 5.74) is 0. The van der Waals surface area contributed by atoms with E-state index in [1.165, 1.54) is 0 Å². The van der Waals surface area contributed by atoms with Gasteiger partial charge in [-0.1, -0.05) is 13.8 Å². The molecule has 3 unspecified atom stereocenters. The molecule has 4 atom stereocenters. The van der Waals surface area contributed by atoms with Gasteiger partial charge in [-0.3, -0.25) is 0 Å².